The van der Waals surface area contributed by atoms with Crippen LogP contribution in [0.25, 0.3) is 5.69 Å². The van der Waals surface area contributed by atoms with Crippen LogP contribution >= 0.6 is 23.2 Å². The minimum atomic E-state index is -1.34. The number of rotatable bonds is 4. The number of aromatic amines is 1. The minimum Gasteiger partial charge on any atom is -0.477 e. The molecule has 132 valence electrons. The van der Waals surface area contributed by atoms with Gasteiger partial charge in [0.1, 0.15) is 5.69 Å². The Morgan fingerprint density at radius 1 is 1.16 bits per heavy atom. The molecule has 25 heavy (non-hydrogen) atoms. The molecule has 1 aliphatic rings. The van der Waals surface area contributed by atoms with Crippen LogP contribution in [-0.2, 0) is 6.54 Å². The van der Waals surface area contributed by atoms with Gasteiger partial charge in [0.2, 0.25) is 0 Å². The molecule has 0 atom stereocenters. The fraction of sp³-hybridized carbons (Fsp3) is 0.312. The molecule has 2 heterocycles. The first kappa shape index (κ1) is 17.7. The van der Waals surface area contributed by atoms with Gasteiger partial charge in [-0.1, -0.05) is 23.2 Å². The second-order valence-corrected chi connectivity index (χ2v) is 6.63. The van der Waals surface area contributed by atoms with Crippen molar-refractivity contribution in [2.45, 2.75) is 19.4 Å². The molecule has 2 N–H and O–H groups in total. The number of nitrogens with zero attached hydrogens (tertiary/aromatic N) is 2. The number of hydrogen-bond donors (Lipinski definition) is 2. The number of aromatic nitrogens is 2. The van der Waals surface area contributed by atoms with E-state index in [1.807, 2.05) is 4.90 Å². The summed E-state index contributed by atoms with van der Waals surface area (Å²) in [7, 11) is 0. The molecule has 3 rings (SSSR count). The molecule has 1 fully saturated rings. The summed E-state index contributed by atoms with van der Waals surface area (Å²) >= 11 is 11.8. The van der Waals surface area contributed by atoms with E-state index in [0.29, 0.717) is 0 Å². The van der Waals surface area contributed by atoms with Crippen molar-refractivity contribution >= 4 is 29.2 Å². The lowest BCUT2D eigenvalue weighted by molar-refractivity contribution is 0.0687. The number of nitrogens with one attached hydrogen (secondary N) is 1. The maximum atomic E-state index is 12.9. The van der Waals surface area contributed by atoms with E-state index in [4.69, 9.17) is 23.2 Å². The van der Waals surface area contributed by atoms with Gasteiger partial charge in [-0.3, -0.25) is 9.69 Å². The van der Waals surface area contributed by atoms with Crippen LogP contribution in [0.1, 0.15) is 28.9 Å². The van der Waals surface area contributed by atoms with Gasteiger partial charge in [0, 0.05) is 6.54 Å². The van der Waals surface area contributed by atoms with E-state index in [0.717, 1.165) is 30.5 Å². The molecule has 0 radical (unpaired) electrons. The number of H-pyrrole nitrogens is 1. The predicted octanol–water partition coefficient (Wildman–Crippen LogP) is 2.13. The largest absolute Gasteiger partial charge is 0.477 e. The Bertz CT molecular complexity index is 945. The lowest BCUT2D eigenvalue weighted by atomic mass is 10.2. The molecule has 9 heteroatoms. The number of benzene rings is 1. The first-order chi connectivity index (χ1) is 11.9. The Labute approximate surface area is 152 Å². The van der Waals surface area contributed by atoms with Gasteiger partial charge >= 0.3 is 11.7 Å². The Morgan fingerprint density at radius 3 is 2.44 bits per heavy atom. The summed E-state index contributed by atoms with van der Waals surface area (Å²) in [6, 6.07) is 4.34. The molecule has 0 spiro atoms. The first-order valence-electron chi connectivity index (χ1n) is 7.68. The molecule has 0 bridgehead atoms. The van der Waals surface area contributed by atoms with Crippen molar-refractivity contribution in [1.82, 2.24) is 14.5 Å². The zero-order chi connectivity index (χ0) is 18.1. The maximum Gasteiger partial charge on any atom is 0.352 e. The van der Waals surface area contributed by atoms with Crippen LogP contribution in [0.3, 0.4) is 0 Å². The lowest BCUT2D eigenvalue weighted by Gasteiger charge is -2.16. The van der Waals surface area contributed by atoms with Crippen LogP contribution in [0, 0.1) is 0 Å². The first-order valence-corrected chi connectivity index (χ1v) is 8.43. The molecular weight excluding hydrogens is 369 g/mol. The average molecular weight is 384 g/mol. The van der Waals surface area contributed by atoms with Crippen LogP contribution in [-0.4, -0.2) is 38.6 Å². The third kappa shape index (κ3) is 3.49. The number of hydrogen-bond acceptors (Lipinski definition) is 4. The molecule has 1 aromatic carbocycles. The van der Waals surface area contributed by atoms with E-state index in [1.165, 1.54) is 18.2 Å². The Balaban J connectivity index is 2.19. The number of aromatic carboxylic acids is 1. The number of carboxylic acids is 1. The van der Waals surface area contributed by atoms with E-state index >= 15 is 0 Å². The molecule has 2 aromatic rings. The molecule has 7 nitrogen and oxygen atoms in total. The molecule has 1 aromatic heterocycles. The molecule has 1 aliphatic heterocycles. The highest BCUT2D eigenvalue weighted by molar-refractivity contribution is 6.42. The van der Waals surface area contributed by atoms with Gasteiger partial charge in [-0.25, -0.2) is 14.2 Å². The summed E-state index contributed by atoms with van der Waals surface area (Å²) in [6.45, 7) is 1.73. The van der Waals surface area contributed by atoms with Crippen molar-refractivity contribution in [2.75, 3.05) is 13.1 Å². The van der Waals surface area contributed by atoms with Gasteiger partial charge < -0.3 is 10.1 Å². The summed E-state index contributed by atoms with van der Waals surface area (Å²) in [5, 5.41) is 9.83. The van der Waals surface area contributed by atoms with Crippen molar-refractivity contribution in [1.29, 1.82) is 0 Å². The zero-order valence-electron chi connectivity index (χ0n) is 13.1. The van der Waals surface area contributed by atoms with Crippen molar-refractivity contribution < 1.29 is 9.90 Å². The highest BCUT2D eigenvalue weighted by Crippen LogP contribution is 2.23. The average Bonchev–Trinajstić information content (AvgIpc) is 3.06. The van der Waals surface area contributed by atoms with E-state index in [1.54, 1.807) is 0 Å². The summed E-state index contributed by atoms with van der Waals surface area (Å²) in [5.41, 5.74) is -1.63. The van der Waals surface area contributed by atoms with E-state index in [2.05, 4.69) is 4.98 Å². The predicted molar refractivity (Wildman–Crippen MR) is 94.2 cm³/mol. The van der Waals surface area contributed by atoms with Crippen molar-refractivity contribution in [2.24, 2.45) is 0 Å². The molecule has 0 unspecified atom stereocenters. The summed E-state index contributed by atoms with van der Waals surface area (Å²) < 4.78 is 0.875. The zero-order valence-corrected chi connectivity index (χ0v) is 14.6. The number of carboxylic acid groups (broad SMARTS) is 1. The Kier molecular flexibility index (Phi) is 4.99. The third-order valence-electron chi connectivity index (χ3n) is 4.15. The van der Waals surface area contributed by atoms with Crippen molar-refractivity contribution in [3.8, 4) is 5.69 Å². The molecule has 0 amide bonds. The highest BCUT2D eigenvalue weighted by atomic mass is 35.5. The normalized spacial score (nSPS) is 14.8. The van der Waals surface area contributed by atoms with E-state index in [9.17, 15) is 19.5 Å². The minimum absolute atomic E-state index is 0.0417. The monoisotopic (exact) mass is 383 g/mol. The van der Waals surface area contributed by atoms with Crippen LogP contribution in [0.2, 0.25) is 10.0 Å². The second kappa shape index (κ2) is 7.03. The summed E-state index contributed by atoms with van der Waals surface area (Å²) in [4.78, 5) is 40.9. The topological polar surface area (TPSA) is 95.4 Å². The molecular formula is C16H15Cl2N3O4. The Morgan fingerprint density at radius 2 is 1.84 bits per heavy atom. The van der Waals surface area contributed by atoms with Crippen molar-refractivity contribution in [3.05, 3.63) is 60.3 Å². The molecule has 1 saturated heterocycles. The maximum absolute atomic E-state index is 12.9. The van der Waals surface area contributed by atoms with Gasteiger partial charge in [-0.15, -0.1) is 0 Å². The molecule has 0 aliphatic carbocycles. The fourth-order valence-electron chi connectivity index (χ4n) is 2.92. The quantitative estimate of drug-likeness (QED) is 0.842. The van der Waals surface area contributed by atoms with Crippen LogP contribution in [0.4, 0.5) is 0 Å². The Hall–Kier alpha value is -2.09. The molecule has 0 saturated carbocycles. The SMILES string of the molecule is O=C(O)c1[nH]c(=O)n(-c2ccc(Cl)c(Cl)c2)c(=O)c1CN1CCCC1. The summed E-state index contributed by atoms with van der Waals surface area (Å²) in [5.74, 6) is -1.34. The smallest absolute Gasteiger partial charge is 0.352 e. The van der Waals surface area contributed by atoms with Crippen LogP contribution in [0.15, 0.2) is 27.8 Å². The second-order valence-electron chi connectivity index (χ2n) is 5.81. The van der Waals surface area contributed by atoms with Crippen molar-refractivity contribution in [3.63, 3.8) is 0 Å². The van der Waals surface area contributed by atoms with Gasteiger partial charge in [-0.05, 0) is 44.1 Å². The summed E-state index contributed by atoms with van der Waals surface area (Å²) in [6.07, 6.45) is 1.99. The van der Waals surface area contributed by atoms with Gasteiger partial charge in [-0.2, -0.15) is 0 Å². The van der Waals surface area contributed by atoms with E-state index < -0.39 is 17.2 Å². The standard InChI is InChI=1S/C16H15Cl2N3O4/c17-11-4-3-9(7-12(11)18)21-14(22)10(8-20-5-1-2-6-20)13(15(23)24)19-16(21)25/h3-4,7H,1-2,5-6,8H2,(H,19,25)(H,23,24). The van der Waals surface area contributed by atoms with Gasteiger partial charge in [0.05, 0.1) is 21.3 Å². The van der Waals surface area contributed by atoms with Crippen LogP contribution < -0.4 is 11.2 Å². The number of halogens is 2. The fourth-order valence-corrected chi connectivity index (χ4v) is 3.22. The van der Waals surface area contributed by atoms with E-state index in [-0.39, 0.29) is 33.5 Å². The number of likely N-dealkylation sites (tertiary alicyclic amines) is 1. The van der Waals surface area contributed by atoms with Gasteiger partial charge in [0.25, 0.3) is 5.56 Å². The number of carbonyl (C=O) groups is 1. The highest BCUT2D eigenvalue weighted by Gasteiger charge is 2.23. The van der Waals surface area contributed by atoms with Crippen LogP contribution in [0.5, 0.6) is 0 Å². The lowest BCUT2D eigenvalue weighted by Crippen LogP contribution is -2.40. The third-order valence-corrected chi connectivity index (χ3v) is 4.89. The van der Waals surface area contributed by atoms with Gasteiger partial charge in [0.15, 0.2) is 0 Å².